The van der Waals surface area contributed by atoms with Gasteiger partial charge in [0.25, 0.3) is 0 Å². The Morgan fingerprint density at radius 2 is 0.672 bits per heavy atom. The lowest BCUT2D eigenvalue weighted by atomic mass is 9.46. The van der Waals surface area contributed by atoms with Crippen LogP contribution in [0.3, 0.4) is 0 Å². The van der Waals surface area contributed by atoms with E-state index in [1.165, 1.54) is 94.7 Å². The van der Waals surface area contributed by atoms with Crippen molar-refractivity contribution in [2.24, 2.45) is 4.99 Å². The summed E-state index contributed by atoms with van der Waals surface area (Å²) in [7, 11) is 0. The minimum Gasteiger partial charge on any atom is -0.342 e. The molecule has 0 atom stereocenters. The van der Waals surface area contributed by atoms with E-state index in [1.807, 2.05) is 0 Å². The fraction of sp³-hybridized carbons (Fsp3) is 0.155. The number of hydrogen-bond acceptors (Lipinski definition) is 3. The highest BCUT2D eigenvalue weighted by molar-refractivity contribution is 5.99. The van der Waals surface area contributed by atoms with Crippen LogP contribution in [0.5, 0.6) is 0 Å². The number of guanidine groups is 1. The molecule has 0 radical (unpaired) electrons. The fourth-order valence-corrected chi connectivity index (χ4v) is 13.4. The number of benzene rings is 8. The molecule has 0 N–H and O–H groups in total. The molecule has 290 valence electrons. The first-order valence-corrected chi connectivity index (χ1v) is 22.2. The van der Waals surface area contributed by atoms with E-state index < -0.39 is 16.2 Å². The molecular formula is C58H43N3. The predicted molar refractivity (Wildman–Crippen MR) is 247 cm³/mol. The summed E-state index contributed by atoms with van der Waals surface area (Å²) in [6, 6.07) is 72.9. The van der Waals surface area contributed by atoms with E-state index in [0.717, 1.165) is 45.0 Å². The van der Waals surface area contributed by atoms with E-state index >= 15 is 0 Å². The smallest absolute Gasteiger partial charge is 0.201 e. The molecule has 0 saturated carbocycles. The average Bonchev–Trinajstić information content (AvgIpc) is 3.80. The quantitative estimate of drug-likeness (QED) is 0.165. The van der Waals surface area contributed by atoms with Gasteiger partial charge < -0.3 is 9.80 Å². The standard InChI is InChI=1S/C58H43N3/c1-5-21-43-39(17-1)40-18-2-6-22-44(40)56(43)47-25-9-12-28-50(47)58(51-29-13-10-26-48(51)56)52-30-14-11-27-49(52)57(45-23-7-3-19-41(45)42-20-4-8-24-46(42)57)54-37-38(31-32-53(54)58)61-36-16-35-60-34-15-33-59-55(60)61/h1-14,17-32,37H,15-16,33-36H2. The first-order valence-electron chi connectivity index (χ1n) is 22.2. The maximum Gasteiger partial charge on any atom is 0.201 e. The predicted octanol–water partition coefficient (Wildman–Crippen LogP) is 11.7. The van der Waals surface area contributed by atoms with Gasteiger partial charge >= 0.3 is 0 Å². The molecule has 2 heterocycles. The number of fused-ring (bicyclic) bond motifs is 23. The molecule has 0 amide bonds. The highest BCUT2D eigenvalue weighted by Crippen LogP contribution is 2.70. The van der Waals surface area contributed by atoms with Crippen molar-refractivity contribution < 1.29 is 0 Å². The van der Waals surface area contributed by atoms with Gasteiger partial charge in [-0.05, 0) is 114 Å². The van der Waals surface area contributed by atoms with E-state index in [1.54, 1.807) is 0 Å². The summed E-state index contributed by atoms with van der Waals surface area (Å²) in [5, 5.41) is 0. The molecule has 0 bridgehead atoms. The lowest BCUT2D eigenvalue weighted by molar-refractivity contribution is 0.360. The minimum absolute atomic E-state index is 0.487. The molecule has 14 rings (SSSR count). The highest BCUT2D eigenvalue weighted by atomic mass is 15.4. The molecule has 2 aliphatic heterocycles. The SMILES string of the molecule is c1ccc2c(c1)-c1ccccc1C21c2ccccc2C2(c3ccccc31)c1ccccc1C1(c3ccccc3-c3ccccc31)c1cc(N3CCCN4CCCN=C43)ccc12. The topological polar surface area (TPSA) is 18.8 Å². The third kappa shape index (κ3) is 3.91. The maximum atomic E-state index is 5.21. The van der Waals surface area contributed by atoms with E-state index in [0.29, 0.717) is 0 Å². The number of nitrogens with zero attached hydrogens (tertiary/aromatic N) is 3. The Labute approximate surface area is 357 Å². The van der Waals surface area contributed by atoms with Gasteiger partial charge in [-0.3, -0.25) is 4.99 Å². The third-order valence-electron chi connectivity index (χ3n) is 15.4. The maximum absolute atomic E-state index is 5.21. The summed E-state index contributed by atoms with van der Waals surface area (Å²) in [6.07, 6.45) is 2.23. The molecule has 8 aromatic carbocycles. The van der Waals surface area contributed by atoms with Gasteiger partial charge in [-0.25, -0.2) is 0 Å². The lowest BCUT2D eigenvalue weighted by Gasteiger charge is -2.55. The van der Waals surface area contributed by atoms with Crippen molar-refractivity contribution in [3.8, 4) is 22.3 Å². The Balaban J connectivity index is 1.16. The summed E-state index contributed by atoms with van der Waals surface area (Å²) < 4.78 is 0. The van der Waals surface area contributed by atoms with Crippen molar-refractivity contribution in [1.29, 1.82) is 0 Å². The molecule has 61 heavy (non-hydrogen) atoms. The summed E-state index contributed by atoms with van der Waals surface area (Å²) >= 11 is 0. The third-order valence-corrected chi connectivity index (χ3v) is 15.4. The van der Waals surface area contributed by atoms with Crippen LogP contribution in [0.2, 0.25) is 0 Å². The highest BCUT2D eigenvalue weighted by Gasteiger charge is 2.62. The van der Waals surface area contributed by atoms with Crippen LogP contribution in [0.1, 0.15) is 79.6 Å². The zero-order valence-corrected chi connectivity index (χ0v) is 34.0. The van der Waals surface area contributed by atoms with Gasteiger partial charge in [0.15, 0.2) is 0 Å². The number of anilines is 1. The fourth-order valence-electron chi connectivity index (χ4n) is 13.4. The van der Waals surface area contributed by atoms with Crippen LogP contribution in [-0.2, 0) is 16.2 Å². The molecule has 8 aromatic rings. The normalized spacial score (nSPS) is 18.2. The van der Waals surface area contributed by atoms with Crippen molar-refractivity contribution in [1.82, 2.24) is 4.90 Å². The van der Waals surface area contributed by atoms with Crippen LogP contribution < -0.4 is 4.90 Å². The Hall–Kier alpha value is -6.97. The average molecular weight is 782 g/mol. The van der Waals surface area contributed by atoms with Crippen LogP contribution >= 0.6 is 0 Å². The Kier molecular flexibility index (Phi) is 6.69. The minimum atomic E-state index is -0.622. The van der Waals surface area contributed by atoms with Crippen molar-refractivity contribution in [2.75, 3.05) is 31.1 Å². The van der Waals surface area contributed by atoms with Crippen LogP contribution in [-0.4, -0.2) is 37.0 Å². The monoisotopic (exact) mass is 781 g/mol. The molecule has 6 aliphatic rings. The molecule has 3 heteroatoms. The van der Waals surface area contributed by atoms with E-state index in [9.17, 15) is 0 Å². The Morgan fingerprint density at radius 3 is 1.11 bits per heavy atom. The van der Waals surface area contributed by atoms with Gasteiger partial charge in [0.05, 0.1) is 16.2 Å². The van der Waals surface area contributed by atoms with Gasteiger partial charge in [-0.15, -0.1) is 0 Å². The van der Waals surface area contributed by atoms with E-state index in [-0.39, 0.29) is 0 Å². The van der Waals surface area contributed by atoms with Crippen molar-refractivity contribution >= 4 is 11.6 Å². The largest absolute Gasteiger partial charge is 0.342 e. The molecular weight excluding hydrogens is 739 g/mol. The molecule has 1 fully saturated rings. The molecule has 0 unspecified atom stereocenters. The van der Waals surface area contributed by atoms with Gasteiger partial charge in [0.1, 0.15) is 0 Å². The first-order chi connectivity index (χ1) is 30.3. The number of rotatable bonds is 1. The summed E-state index contributed by atoms with van der Waals surface area (Å²) in [4.78, 5) is 10.3. The lowest BCUT2D eigenvalue weighted by Crippen LogP contribution is -2.53. The summed E-state index contributed by atoms with van der Waals surface area (Å²) in [6.45, 7) is 3.99. The Morgan fingerprint density at radius 1 is 0.328 bits per heavy atom. The van der Waals surface area contributed by atoms with E-state index in [2.05, 4.69) is 198 Å². The molecule has 3 spiro atoms. The van der Waals surface area contributed by atoms with E-state index in [4.69, 9.17) is 4.99 Å². The second-order valence-electron chi connectivity index (χ2n) is 17.8. The van der Waals surface area contributed by atoms with Crippen molar-refractivity contribution in [2.45, 2.75) is 29.1 Å². The number of hydrogen-bond donors (Lipinski definition) is 0. The van der Waals surface area contributed by atoms with Crippen molar-refractivity contribution in [3.05, 3.63) is 255 Å². The van der Waals surface area contributed by atoms with Crippen molar-refractivity contribution in [3.63, 3.8) is 0 Å². The van der Waals surface area contributed by atoms with Crippen LogP contribution in [0.15, 0.2) is 193 Å². The Bertz CT molecular complexity index is 3050. The van der Waals surface area contributed by atoms with Gasteiger partial charge in [0.2, 0.25) is 5.96 Å². The molecule has 1 saturated heterocycles. The second kappa shape index (κ2) is 12.1. The van der Waals surface area contributed by atoms with Gasteiger partial charge in [-0.2, -0.15) is 0 Å². The molecule has 3 nitrogen and oxygen atoms in total. The van der Waals surface area contributed by atoms with Crippen LogP contribution in [0, 0.1) is 0 Å². The summed E-state index contributed by atoms with van der Waals surface area (Å²) in [5.41, 5.74) is 21.2. The molecule has 4 aliphatic carbocycles. The second-order valence-corrected chi connectivity index (χ2v) is 17.8. The zero-order chi connectivity index (χ0) is 39.9. The number of aliphatic imine (C=N–C) groups is 1. The van der Waals surface area contributed by atoms with Crippen LogP contribution in [0.4, 0.5) is 5.69 Å². The van der Waals surface area contributed by atoms with Crippen LogP contribution in [0.25, 0.3) is 22.3 Å². The summed E-state index contributed by atoms with van der Waals surface area (Å²) in [5.74, 6) is 1.14. The van der Waals surface area contributed by atoms with Gasteiger partial charge in [-0.1, -0.05) is 176 Å². The zero-order valence-electron chi connectivity index (χ0n) is 34.0. The molecule has 0 aromatic heterocycles. The van der Waals surface area contributed by atoms with Gasteiger partial charge in [0, 0.05) is 31.9 Å². The first kappa shape index (κ1) is 33.8.